The van der Waals surface area contributed by atoms with Gasteiger partial charge in [0.1, 0.15) is 5.82 Å². The lowest BCUT2D eigenvalue weighted by Gasteiger charge is -2.04. The van der Waals surface area contributed by atoms with Gasteiger partial charge in [-0.1, -0.05) is 0 Å². The highest BCUT2D eigenvalue weighted by molar-refractivity contribution is 5.64. The summed E-state index contributed by atoms with van der Waals surface area (Å²) in [6, 6.07) is 7.71. The van der Waals surface area contributed by atoms with Crippen LogP contribution in [0, 0.1) is 0 Å². The summed E-state index contributed by atoms with van der Waals surface area (Å²) in [7, 11) is 0. The number of nitrogens with two attached hydrogens (primary N) is 1. The number of nitrogens with zero attached hydrogens (tertiary/aromatic N) is 2. The van der Waals surface area contributed by atoms with E-state index in [4.69, 9.17) is 15.2 Å². The molecule has 2 N–H and O–H groups in total. The van der Waals surface area contributed by atoms with Gasteiger partial charge in [0.15, 0.2) is 11.5 Å². The van der Waals surface area contributed by atoms with Crippen LogP contribution < -0.4 is 15.2 Å². The molecule has 3 rings (SSSR count). The Kier molecular flexibility index (Phi) is 3.29. The molecule has 1 aliphatic rings. The van der Waals surface area contributed by atoms with Gasteiger partial charge in [0.25, 0.3) is 0 Å². The van der Waals surface area contributed by atoms with Crippen molar-refractivity contribution in [1.82, 2.24) is 9.97 Å². The standard InChI is InChI=1S/C14H15N3O2/c15-6-1-2-14-16-7-5-11(17-14)10-3-4-12-13(8-10)19-9-18-12/h3-5,7-8H,1-2,6,9,15H2. The summed E-state index contributed by atoms with van der Waals surface area (Å²) in [6.07, 6.45) is 3.47. The van der Waals surface area contributed by atoms with Crippen LogP contribution in [-0.4, -0.2) is 23.3 Å². The third-order valence-electron chi connectivity index (χ3n) is 2.98. The lowest BCUT2D eigenvalue weighted by Crippen LogP contribution is -2.03. The minimum Gasteiger partial charge on any atom is -0.454 e. The quantitative estimate of drug-likeness (QED) is 0.903. The van der Waals surface area contributed by atoms with Crippen LogP contribution in [0.2, 0.25) is 0 Å². The second-order valence-corrected chi connectivity index (χ2v) is 4.32. The second-order valence-electron chi connectivity index (χ2n) is 4.32. The van der Waals surface area contributed by atoms with Gasteiger partial charge in [-0.05, 0) is 37.2 Å². The summed E-state index contributed by atoms with van der Waals surface area (Å²) in [5.41, 5.74) is 7.39. The molecule has 0 aliphatic carbocycles. The monoisotopic (exact) mass is 257 g/mol. The zero-order valence-corrected chi connectivity index (χ0v) is 10.5. The van der Waals surface area contributed by atoms with E-state index in [0.717, 1.165) is 41.4 Å². The predicted octanol–water partition coefficient (Wildman–Crippen LogP) is 1.76. The number of hydrogen-bond donors (Lipinski definition) is 1. The van der Waals surface area contributed by atoms with E-state index in [1.54, 1.807) is 6.20 Å². The fraction of sp³-hybridized carbons (Fsp3) is 0.286. The molecule has 98 valence electrons. The predicted molar refractivity (Wildman–Crippen MR) is 71.0 cm³/mol. The first-order chi connectivity index (χ1) is 9.36. The van der Waals surface area contributed by atoms with Crippen molar-refractivity contribution in [1.29, 1.82) is 0 Å². The number of rotatable bonds is 4. The van der Waals surface area contributed by atoms with Gasteiger partial charge in [0.05, 0.1) is 5.69 Å². The maximum Gasteiger partial charge on any atom is 0.231 e. The van der Waals surface area contributed by atoms with Gasteiger partial charge in [0.2, 0.25) is 6.79 Å². The van der Waals surface area contributed by atoms with Crippen molar-refractivity contribution in [2.24, 2.45) is 5.73 Å². The van der Waals surface area contributed by atoms with Gasteiger partial charge in [-0.2, -0.15) is 0 Å². The van der Waals surface area contributed by atoms with Gasteiger partial charge in [0, 0.05) is 18.2 Å². The largest absolute Gasteiger partial charge is 0.454 e. The number of aryl methyl sites for hydroxylation is 1. The zero-order chi connectivity index (χ0) is 13.1. The van der Waals surface area contributed by atoms with Crippen molar-refractivity contribution in [3.8, 4) is 22.8 Å². The van der Waals surface area contributed by atoms with E-state index >= 15 is 0 Å². The molecule has 0 unspecified atom stereocenters. The van der Waals surface area contributed by atoms with Crippen LogP contribution in [-0.2, 0) is 6.42 Å². The molecule has 2 aromatic rings. The van der Waals surface area contributed by atoms with Crippen LogP contribution >= 0.6 is 0 Å². The topological polar surface area (TPSA) is 70.3 Å². The van der Waals surface area contributed by atoms with Crippen LogP contribution in [0.1, 0.15) is 12.2 Å². The molecule has 1 aromatic heterocycles. The maximum absolute atomic E-state index is 5.50. The van der Waals surface area contributed by atoms with Crippen LogP contribution in [0.25, 0.3) is 11.3 Å². The highest BCUT2D eigenvalue weighted by Gasteiger charge is 2.14. The number of aromatic nitrogens is 2. The molecular weight excluding hydrogens is 242 g/mol. The summed E-state index contributed by atoms with van der Waals surface area (Å²) >= 11 is 0. The summed E-state index contributed by atoms with van der Waals surface area (Å²) in [6.45, 7) is 0.932. The molecule has 1 aliphatic heterocycles. The Morgan fingerprint density at radius 2 is 2.05 bits per heavy atom. The van der Waals surface area contributed by atoms with E-state index in [0.29, 0.717) is 6.54 Å². The number of hydrogen-bond acceptors (Lipinski definition) is 5. The van der Waals surface area contributed by atoms with E-state index in [1.165, 1.54) is 0 Å². The van der Waals surface area contributed by atoms with Crippen molar-refractivity contribution >= 4 is 0 Å². The molecule has 2 heterocycles. The van der Waals surface area contributed by atoms with Crippen LogP contribution in [0.3, 0.4) is 0 Å². The van der Waals surface area contributed by atoms with Gasteiger partial charge in [-0.3, -0.25) is 0 Å². The summed E-state index contributed by atoms with van der Waals surface area (Å²) < 4.78 is 10.7. The average molecular weight is 257 g/mol. The lowest BCUT2D eigenvalue weighted by atomic mass is 10.1. The minimum atomic E-state index is 0.282. The van der Waals surface area contributed by atoms with Gasteiger partial charge >= 0.3 is 0 Å². The van der Waals surface area contributed by atoms with Crippen molar-refractivity contribution in [3.05, 3.63) is 36.3 Å². The summed E-state index contributed by atoms with van der Waals surface area (Å²) in [4.78, 5) is 8.80. The van der Waals surface area contributed by atoms with Crippen LogP contribution in [0.15, 0.2) is 30.5 Å². The molecule has 5 heteroatoms. The van der Waals surface area contributed by atoms with Crippen molar-refractivity contribution in [2.75, 3.05) is 13.3 Å². The van der Waals surface area contributed by atoms with E-state index in [9.17, 15) is 0 Å². The molecule has 0 spiro atoms. The molecule has 5 nitrogen and oxygen atoms in total. The van der Waals surface area contributed by atoms with E-state index in [1.807, 2.05) is 24.3 Å². The van der Waals surface area contributed by atoms with Crippen molar-refractivity contribution < 1.29 is 9.47 Å². The number of fused-ring (bicyclic) bond motifs is 1. The molecule has 0 fully saturated rings. The summed E-state index contributed by atoms with van der Waals surface area (Å²) in [5, 5.41) is 0. The Labute approximate surface area is 111 Å². The molecule has 0 saturated carbocycles. The first-order valence-electron chi connectivity index (χ1n) is 6.29. The molecule has 0 saturated heterocycles. The normalized spacial score (nSPS) is 12.7. The first kappa shape index (κ1) is 11.9. The van der Waals surface area contributed by atoms with Gasteiger partial charge < -0.3 is 15.2 Å². The Morgan fingerprint density at radius 3 is 2.95 bits per heavy atom. The Morgan fingerprint density at radius 1 is 1.16 bits per heavy atom. The molecule has 1 aromatic carbocycles. The van der Waals surface area contributed by atoms with Crippen LogP contribution in [0.5, 0.6) is 11.5 Å². The maximum atomic E-state index is 5.50. The van der Waals surface area contributed by atoms with Crippen molar-refractivity contribution in [3.63, 3.8) is 0 Å². The lowest BCUT2D eigenvalue weighted by molar-refractivity contribution is 0.174. The molecular formula is C14H15N3O2. The van der Waals surface area contributed by atoms with E-state index in [2.05, 4.69) is 9.97 Å². The van der Waals surface area contributed by atoms with E-state index in [-0.39, 0.29) is 6.79 Å². The smallest absolute Gasteiger partial charge is 0.231 e. The molecule has 0 atom stereocenters. The molecule has 0 amide bonds. The third-order valence-corrected chi connectivity index (χ3v) is 2.98. The zero-order valence-electron chi connectivity index (χ0n) is 10.5. The van der Waals surface area contributed by atoms with E-state index < -0.39 is 0 Å². The first-order valence-corrected chi connectivity index (χ1v) is 6.29. The fourth-order valence-corrected chi connectivity index (χ4v) is 2.00. The Bertz CT molecular complexity index is 587. The Hall–Kier alpha value is -2.14. The highest BCUT2D eigenvalue weighted by Crippen LogP contribution is 2.35. The number of benzene rings is 1. The molecule has 0 radical (unpaired) electrons. The molecule has 0 bridgehead atoms. The highest BCUT2D eigenvalue weighted by atomic mass is 16.7. The Balaban J connectivity index is 1.89. The minimum absolute atomic E-state index is 0.282. The SMILES string of the molecule is NCCCc1nccc(-c2ccc3c(c2)OCO3)n1. The third kappa shape index (κ3) is 2.51. The summed E-state index contributed by atoms with van der Waals surface area (Å²) in [5.74, 6) is 2.36. The molecule has 19 heavy (non-hydrogen) atoms. The van der Waals surface area contributed by atoms with Gasteiger partial charge in [-0.25, -0.2) is 9.97 Å². The second kappa shape index (κ2) is 5.24. The average Bonchev–Trinajstić information content (AvgIpc) is 2.92. The number of ether oxygens (including phenoxy) is 2. The van der Waals surface area contributed by atoms with Crippen molar-refractivity contribution in [2.45, 2.75) is 12.8 Å². The van der Waals surface area contributed by atoms with Gasteiger partial charge in [-0.15, -0.1) is 0 Å². The fourth-order valence-electron chi connectivity index (χ4n) is 2.00. The van der Waals surface area contributed by atoms with Crippen LogP contribution in [0.4, 0.5) is 0 Å².